The Morgan fingerprint density at radius 3 is 2.72 bits per heavy atom. The first-order chi connectivity index (χ1) is 11.9. The highest BCUT2D eigenvalue weighted by Gasteiger charge is 2.48. The minimum atomic E-state index is -1.20. The largest absolute Gasteiger partial charge is 0.329 e. The van der Waals surface area contributed by atoms with Gasteiger partial charge in [-0.2, -0.15) is 0 Å². The van der Waals surface area contributed by atoms with Crippen molar-refractivity contribution in [2.24, 2.45) is 0 Å². The van der Waals surface area contributed by atoms with E-state index in [0.717, 1.165) is 21.7 Å². The van der Waals surface area contributed by atoms with E-state index in [2.05, 4.69) is 10.3 Å². The van der Waals surface area contributed by atoms with Gasteiger partial charge in [0.2, 0.25) is 0 Å². The molecule has 0 bridgehead atoms. The lowest BCUT2D eigenvalue weighted by atomic mass is 9.98. The first-order valence-electron chi connectivity index (χ1n) is 8.17. The molecule has 1 aliphatic heterocycles. The molecule has 1 N–H and O–H groups in total. The number of halogens is 1. The van der Waals surface area contributed by atoms with Crippen LogP contribution in [0, 0.1) is 6.92 Å². The third-order valence-electron chi connectivity index (χ3n) is 4.48. The quantitative estimate of drug-likeness (QED) is 0.850. The third kappa shape index (κ3) is 3.24. The molecule has 0 aliphatic carbocycles. The molecule has 1 unspecified atom stereocenters. The number of anilines is 1. The van der Waals surface area contributed by atoms with Crippen LogP contribution in [0.3, 0.4) is 0 Å². The number of alkyl halides is 1. The molecular weight excluding hydrogens is 321 g/mol. The molecule has 1 saturated heterocycles. The molecule has 2 aromatic rings. The number of aromatic nitrogens is 1. The van der Waals surface area contributed by atoms with E-state index < -0.39 is 24.2 Å². The fourth-order valence-electron chi connectivity index (χ4n) is 2.98. The summed E-state index contributed by atoms with van der Waals surface area (Å²) in [4.78, 5) is 30.5. The average Bonchev–Trinajstić information content (AvgIpc) is 2.80. The Kier molecular flexibility index (Phi) is 4.53. The van der Waals surface area contributed by atoms with E-state index in [4.69, 9.17) is 0 Å². The number of carbonyl (C=O) groups is 2. The standard InChI is InChI=1S/C19H20FN3O2/c1-13-6-7-14(11-15-5-3-4-10-21-15)12-16(13)23-17(24)19(2,8-9-20)22-18(23)25/h3-7,10,12H,8-9,11H2,1-2H3,(H,22,25). The van der Waals surface area contributed by atoms with Crippen molar-refractivity contribution in [3.8, 4) is 0 Å². The highest BCUT2D eigenvalue weighted by Crippen LogP contribution is 2.30. The van der Waals surface area contributed by atoms with Crippen molar-refractivity contribution < 1.29 is 14.0 Å². The molecule has 1 aromatic carbocycles. The summed E-state index contributed by atoms with van der Waals surface area (Å²) >= 11 is 0. The summed E-state index contributed by atoms with van der Waals surface area (Å²) in [6, 6.07) is 10.8. The van der Waals surface area contributed by atoms with Crippen molar-refractivity contribution in [3.05, 3.63) is 59.4 Å². The van der Waals surface area contributed by atoms with Gasteiger partial charge in [-0.15, -0.1) is 0 Å². The lowest BCUT2D eigenvalue weighted by Gasteiger charge is -2.21. The zero-order chi connectivity index (χ0) is 18.0. The van der Waals surface area contributed by atoms with Crippen molar-refractivity contribution in [2.45, 2.75) is 32.2 Å². The fraction of sp³-hybridized carbons (Fsp3) is 0.316. The number of rotatable bonds is 5. The molecule has 3 amide bonds. The lowest BCUT2D eigenvalue weighted by molar-refractivity contribution is -0.121. The number of nitrogens with zero attached hydrogens (tertiary/aromatic N) is 2. The number of urea groups is 1. The normalized spacial score (nSPS) is 20.0. The molecule has 25 heavy (non-hydrogen) atoms. The Labute approximate surface area is 145 Å². The Morgan fingerprint density at radius 1 is 1.24 bits per heavy atom. The van der Waals surface area contributed by atoms with Crippen LogP contribution < -0.4 is 10.2 Å². The summed E-state index contributed by atoms with van der Waals surface area (Å²) in [5.41, 5.74) is 1.97. The van der Waals surface area contributed by atoms with Crippen molar-refractivity contribution in [1.82, 2.24) is 10.3 Å². The van der Waals surface area contributed by atoms with Gasteiger partial charge in [0.25, 0.3) is 5.91 Å². The Morgan fingerprint density at radius 2 is 2.04 bits per heavy atom. The monoisotopic (exact) mass is 341 g/mol. The van der Waals surface area contributed by atoms with Crippen LogP contribution in [-0.4, -0.2) is 29.1 Å². The maximum atomic E-state index is 12.8. The van der Waals surface area contributed by atoms with Gasteiger partial charge < -0.3 is 5.32 Å². The summed E-state index contributed by atoms with van der Waals surface area (Å²) in [6.45, 7) is 2.72. The second-order valence-electron chi connectivity index (χ2n) is 6.46. The second-order valence-corrected chi connectivity index (χ2v) is 6.46. The number of imide groups is 1. The van der Waals surface area contributed by atoms with Crippen molar-refractivity contribution in [1.29, 1.82) is 0 Å². The number of amides is 3. The highest BCUT2D eigenvalue weighted by molar-refractivity contribution is 6.23. The molecule has 2 heterocycles. The number of pyridine rings is 1. The minimum Gasteiger partial charge on any atom is -0.323 e. The van der Waals surface area contributed by atoms with E-state index in [1.165, 1.54) is 0 Å². The van der Waals surface area contributed by atoms with E-state index in [0.29, 0.717) is 12.1 Å². The van der Waals surface area contributed by atoms with Gasteiger partial charge in [-0.05, 0) is 43.2 Å². The van der Waals surface area contributed by atoms with E-state index in [-0.39, 0.29) is 6.42 Å². The molecule has 6 heteroatoms. The molecule has 5 nitrogen and oxygen atoms in total. The molecule has 1 aromatic heterocycles. The van der Waals surface area contributed by atoms with Gasteiger partial charge in [-0.3, -0.25) is 14.2 Å². The zero-order valence-electron chi connectivity index (χ0n) is 14.3. The Bertz CT molecular complexity index is 810. The molecule has 1 aliphatic rings. The van der Waals surface area contributed by atoms with E-state index >= 15 is 0 Å². The van der Waals surface area contributed by atoms with Crippen LogP contribution in [0.15, 0.2) is 42.6 Å². The van der Waals surface area contributed by atoms with Gasteiger partial charge in [-0.1, -0.05) is 18.2 Å². The van der Waals surface area contributed by atoms with Gasteiger partial charge in [0.15, 0.2) is 0 Å². The molecule has 0 radical (unpaired) electrons. The summed E-state index contributed by atoms with van der Waals surface area (Å²) in [5.74, 6) is -0.423. The maximum Gasteiger partial charge on any atom is 0.329 e. The topological polar surface area (TPSA) is 62.3 Å². The number of benzene rings is 1. The van der Waals surface area contributed by atoms with Gasteiger partial charge in [0, 0.05) is 24.7 Å². The fourth-order valence-corrected chi connectivity index (χ4v) is 2.98. The lowest BCUT2D eigenvalue weighted by Crippen LogP contribution is -2.44. The second kappa shape index (κ2) is 6.63. The van der Waals surface area contributed by atoms with E-state index in [9.17, 15) is 14.0 Å². The smallest absolute Gasteiger partial charge is 0.323 e. The van der Waals surface area contributed by atoms with Crippen molar-refractivity contribution in [2.75, 3.05) is 11.6 Å². The molecule has 130 valence electrons. The van der Waals surface area contributed by atoms with Crippen LogP contribution in [0.1, 0.15) is 30.2 Å². The molecule has 3 rings (SSSR count). The summed E-state index contributed by atoms with van der Waals surface area (Å²) in [5, 5.41) is 2.61. The predicted molar refractivity (Wildman–Crippen MR) is 93.2 cm³/mol. The molecule has 0 saturated carbocycles. The first-order valence-corrected chi connectivity index (χ1v) is 8.17. The number of aryl methyl sites for hydroxylation is 1. The Hall–Kier alpha value is -2.76. The third-order valence-corrected chi connectivity index (χ3v) is 4.48. The predicted octanol–water partition coefficient (Wildman–Crippen LogP) is 3.16. The minimum absolute atomic E-state index is 0.0409. The van der Waals surface area contributed by atoms with E-state index in [1.54, 1.807) is 13.1 Å². The van der Waals surface area contributed by atoms with Crippen molar-refractivity contribution >= 4 is 17.6 Å². The molecule has 0 spiro atoms. The molecule has 1 atom stereocenters. The zero-order valence-corrected chi connectivity index (χ0v) is 14.3. The van der Waals surface area contributed by atoms with E-state index in [1.807, 2.05) is 43.3 Å². The number of nitrogens with one attached hydrogen (secondary N) is 1. The van der Waals surface area contributed by atoms with Crippen LogP contribution in [0.25, 0.3) is 0 Å². The SMILES string of the molecule is Cc1ccc(Cc2ccccn2)cc1N1C(=O)NC(C)(CCF)C1=O. The van der Waals surface area contributed by atoms with Crippen LogP contribution in [0.5, 0.6) is 0 Å². The Balaban J connectivity index is 1.93. The number of hydrogen-bond acceptors (Lipinski definition) is 3. The first kappa shape index (κ1) is 17.1. The summed E-state index contributed by atoms with van der Waals surface area (Å²) in [7, 11) is 0. The van der Waals surface area contributed by atoms with Gasteiger partial charge in [-0.25, -0.2) is 9.69 Å². The average molecular weight is 341 g/mol. The molecule has 1 fully saturated rings. The molecular formula is C19H20FN3O2. The van der Waals surface area contributed by atoms with Crippen LogP contribution in [0.2, 0.25) is 0 Å². The van der Waals surface area contributed by atoms with Gasteiger partial charge in [0.1, 0.15) is 5.54 Å². The van der Waals surface area contributed by atoms with Crippen molar-refractivity contribution in [3.63, 3.8) is 0 Å². The number of carbonyl (C=O) groups excluding carboxylic acids is 2. The van der Waals surface area contributed by atoms with Gasteiger partial charge in [0.05, 0.1) is 12.4 Å². The van der Waals surface area contributed by atoms with Crippen LogP contribution in [-0.2, 0) is 11.2 Å². The number of hydrogen-bond donors (Lipinski definition) is 1. The van der Waals surface area contributed by atoms with Crippen LogP contribution in [0.4, 0.5) is 14.9 Å². The summed E-state index contributed by atoms with van der Waals surface area (Å²) < 4.78 is 12.8. The highest BCUT2D eigenvalue weighted by atomic mass is 19.1. The van der Waals surface area contributed by atoms with Gasteiger partial charge >= 0.3 is 6.03 Å². The van der Waals surface area contributed by atoms with Crippen LogP contribution >= 0.6 is 0 Å². The summed E-state index contributed by atoms with van der Waals surface area (Å²) in [6.07, 6.45) is 2.28. The maximum absolute atomic E-state index is 12.8.